The van der Waals surface area contributed by atoms with Gasteiger partial charge in [-0.3, -0.25) is 4.99 Å². The Kier molecular flexibility index (Phi) is 9.32. The monoisotopic (exact) mass is 487 g/mol. The number of guanidine groups is 1. The number of halogens is 1. The number of nitrogens with one attached hydrogen (secondary N) is 1. The normalized spacial score (nSPS) is 24.4. The summed E-state index contributed by atoms with van der Waals surface area (Å²) in [5, 5.41) is 13.2. The molecule has 0 bridgehead atoms. The highest BCUT2D eigenvalue weighted by atomic mass is 127. The lowest BCUT2D eigenvalue weighted by Gasteiger charge is -2.34. The van der Waals surface area contributed by atoms with E-state index in [1.165, 1.54) is 11.1 Å². The molecule has 0 spiro atoms. The van der Waals surface area contributed by atoms with Crippen LogP contribution in [0.3, 0.4) is 0 Å². The van der Waals surface area contributed by atoms with Crippen molar-refractivity contribution in [2.24, 2.45) is 10.9 Å². The van der Waals surface area contributed by atoms with Gasteiger partial charge in [-0.1, -0.05) is 29.8 Å². The van der Waals surface area contributed by atoms with Gasteiger partial charge in [0.15, 0.2) is 5.96 Å². The fourth-order valence-corrected chi connectivity index (χ4v) is 3.86. The van der Waals surface area contributed by atoms with Crippen LogP contribution in [0, 0.1) is 12.8 Å². The minimum atomic E-state index is -0.160. The number of hydrogen-bond donors (Lipinski definition) is 2. The molecule has 2 saturated heterocycles. The third-order valence-corrected chi connectivity index (χ3v) is 5.43. The second kappa shape index (κ2) is 11.2. The summed E-state index contributed by atoms with van der Waals surface area (Å²) in [4.78, 5) is 7.23. The molecule has 6 heteroatoms. The molecule has 2 unspecified atom stereocenters. The van der Waals surface area contributed by atoms with Crippen molar-refractivity contribution in [3.05, 3.63) is 35.4 Å². The van der Waals surface area contributed by atoms with Crippen LogP contribution in [0.1, 0.15) is 49.8 Å². The van der Waals surface area contributed by atoms with E-state index in [0.717, 1.165) is 64.4 Å². The number of benzene rings is 1. The van der Waals surface area contributed by atoms with Gasteiger partial charge in [0, 0.05) is 38.7 Å². The highest BCUT2D eigenvalue weighted by Gasteiger charge is 2.28. The maximum Gasteiger partial charge on any atom is 0.193 e. The van der Waals surface area contributed by atoms with Gasteiger partial charge in [-0.2, -0.15) is 0 Å². The van der Waals surface area contributed by atoms with Crippen LogP contribution in [-0.2, 0) is 4.74 Å². The summed E-state index contributed by atoms with van der Waals surface area (Å²) in [7, 11) is 0. The summed E-state index contributed by atoms with van der Waals surface area (Å²) >= 11 is 0. The summed E-state index contributed by atoms with van der Waals surface area (Å²) in [6, 6.07) is 8.71. The van der Waals surface area contributed by atoms with Crippen molar-refractivity contribution in [2.45, 2.75) is 51.7 Å². The Labute approximate surface area is 180 Å². The zero-order valence-electron chi connectivity index (χ0n) is 16.6. The number of ether oxygens (including phenoxy) is 1. The molecule has 2 aliphatic heterocycles. The van der Waals surface area contributed by atoms with Crippen LogP contribution in [0.2, 0.25) is 0 Å². The Morgan fingerprint density at radius 2 is 1.93 bits per heavy atom. The number of piperidine rings is 1. The molecule has 1 aromatic carbocycles. The van der Waals surface area contributed by atoms with E-state index >= 15 is 0 Å². The number of rotatable bonds is 4. The molecule has 0 saturated carbocycles. The third kappa shape index (κ3) is 6.32. The van der Waals surface area contributed by atoms with Gasteiger partial charge in [0.1, 0.15) is 0 Å². The van der Waals surface area contributed by atoms with Gasteiger partial charge in [-0.15, -0.1) is 24.0 Å². The molecule has 0 aliphatic carbocycles. The molecule has 2 aliphatic rings. The van der Waals surface area contributed by atoms with Gasteiger partial charge in [-0.25, -0.2) is 0 Å². The Bertz CT molecular complexity index is 586. The predicted octanol–water partition coefficient (Wildman–Crippen LogP) is 3.50. The molecule has 2 N–H and O–H groups in total. The van der Waals surface area contributed by atoms with Crippen molar-refractivity contribution < 1.29 is 9.84 Å². The molecule has 2 fully saturated rings. The number of aliphatic hydroxyl groups excluding tert-OH is 1. The molecule has 27 heavy (non-hydrogen) atoms. The number of likely N-dealkylation sites (tertiary alicyclic amines) is 1. The van der Waals surface area contributed by atoms with E-state index in [1.807, 2.05) is 0 Å². The average molecular weight is 487 g/mol. The van der Waals surface area contributed by atoms with Gasteiger partial charge >= 0.3 is 0 Å². The van der Waals surface area contributed by atoms with Gasteiger partial charge in [0.25, 0.3) is 0 Å². The van der Waals surface area contributed by atoms with E-state index in [0.29, 0.717) is 5.92 Å². The minimum Gasteiger partial charge on any atom is -0.393 e. The van der Waals surface area contributed by atoms with Crippen LogP contribution in [-0.4, -0.2) is 54.9 Å². The Morgan fingerprint density at radius 1 is 1.22 bits per heavy atom. The lowest BCUT2D eigenvalue weighted by molar-refractivity contribution is -0.0251. The highest BCUT2D eigenvalue weighted by molar-refractivity contribution is 14.0. The Hall–Kier alpha value is -0.860. The molecule has 3 rings (SSSR count). The van der Waals surface area contributed by atoms with Crippen molar-refractivity contribution in [1.82, 2.24) is 10.2 Å². The van der Waals surface area contributed by atoms with Gasteiger partial charge < -0.3 is 20.1 Å². The van der Waals surface area contributed by atoms with Gasteiger partial charge in [-0.05, 0) is 45.1 Å². The smallest absolute Gasteiger partial charge is 0.193 e. The van der Waals surface area contributed by atoms with Gasteiger partial charge in [0.05, 0.1) is 12.2 Å². The topological polar surface area (TPSA) is 57.1 Å². The highest BCUT2D eigenvalue weighted by Crippen LogP contribution is 2.34. The first-order valence-corrected chi connectivity index (χ1v) is 10.1. The van der Waals surface area contributed by atoms with Gasteiger partial charge in [0.2, 0.25) is 0 Å². The average Bonchev–Trinajstić information content (AvgIpc) is 2.67. The number of aryl methyl sites for hydroxylation is 1. The number of aliphatic imine (C=N–C) groups is 1. The van der Waals surface area contributed by atoms with Crippen molar-refractivity contribution in [3.8, 4) is 0 Å². The van der Waals surface area contributed by atoms with Crippen LogP contribution in [0.4, 0.5) is 0 Å². The second-order valence-electron chi connectivity index (χ2n) is 7.52. The Balaban J connectivity index is 0.00000261. The van der Waals surface area contributed by atoms with Crippen LogP contribution >= 0.6 is 24.0 Å². The Morgan fingerprint density at radius 3 is 2.59 bits per heavy atom. The molecular weight excluding hydrogens is 453 g/mol. The zero-order chi connectivity index (χ0) is 18.4. The summed E-state index contributed by atoms with van der Waals surface area (Å²) in [5.74, 6) is 1.39. The van der Waals surface area contributed by atoms with Crippen molar-refractivity contribution >= 4 is 29.9 Å². The second-order valence-corrected chi connectivity index (χ2v) is 7.52. The standard InChI is InChI=1S/C21H33N3O2.HI/c1-3-22-21(24-12-10-19(25)11-13-24)23-15-18-5-4-14-26-20(18)17-8-6-16(2)7-9-17;/h6-9,18-20,25H,3-5,10-15H2,1-2H3,(H,22,23);1H. The van der Waals surface area contributed by atoms with E-state index in [2.05, 4.69) is 48.3 Å². The third-order valence-electron chi connectivity index (χ3n) is 5.43. The molecule has 2 heterocycles. The predicted molar refractivity (Wildman–Crippen MR) is 121 cm³/mol. The number of aliphatic hydroxyl groups is 1. The summed E-state index contributed by atoms with van der Waals surface area (Å²) < 4.78 is 6.13. The zero-order valence-corrected chi connectivity index (χ0v) is 18.9. The fraction of sp³-hybridized carbons (Fsp3) is 0.667. The fourth-order valence-electron chi connectivity index (χ4n) is 3.86. The first-order chi connectivity index (χ1) is 12.7. The quantitative estimate of drug-likeness (QED) is 0.388. The molecule has 0 radical (unpaired) electrons. The lowest BCUT2D eigenvalue weighted by Crippen LogP contribution is -2.46. The van der Waals surface area contributed by atoms with Crippen LogP contribution in [0.25, 0.3) is 0 Å². The minimum absolute atomic E-state index is 0. The molecular formula is C21H34IN3O2. The largest absolute Gasteiger partial charge is 0.393 e. The maximum atomic E-state index is 9.75. The van der Waals surface area contributed by atoms with Crippen molar-refractivity contribution in [2.75, 3.05) is 32.8 Å². The maximum absolute atomic E-state index is 9.75. The first-order valence-electron chi connectivity index (χ1n) is 10.1. The first kappa shape index (κ1) is 22.4. The molecule has 5 nitrogen and oxygen atoms in total. The van der Waals surface area contributed by atoms with E-state index < -0.39 is 0 Å². The SMILES string of the molecule is CCNC(=NCC1CCCOC1c1ccc(C)cc1)N1CCC(O)CC1.I. The van der Waals surface area contributed by atoms with Crippen LogP contribution < -0.4 is 5.32 Å². The van der Waals surface area contributed by atoms with Crippen LogP contribution in [0.15, 0.2) is 29.3 Å². The van der Waals surface area contributed by atoms with E-state index in [9.17, 15) is 5.11 Å². The molecule has 0 aromatic heterocycles. The molecule has 2 atom stereocenters. The van der Waals surface area contributed by atoms with Crippen molar-refractivity contribution in [3.63, 3.8) is 0 Å². The van der Waals surface area contributed by atoms with Crippen molar-refractivity contribution in [1.29, 1.82) is 0 Å². The molecule has 1 aromatic rings. The van der Waals surface area contributed by atoms with E-state index in [1.54, 1.807) is 0 Å². The molecule has 152 valence electrons. The summed E-state index contributed by atoms with van der Waals surface area (Å²) in [5.41, 5.74) is 2.54. The number of hydrogen-bond acceptors (Lipinski definition) is 3. The summed E-state index contributed by atoms with van der Waals surface area (Å²) in [6.45, 7) is 8.44. The lowest BCUT2D eigenvalue weighted by atomic mass is 9.89. The van der Waals surface area contributed by atoms with Crippen LogP contribution in [0.5, 0.6) is 0 Å². The van der Waals surface area contributed by atoms with E-state index in [4.69, 9.17) is 9.73 Å². The molecule has 0 amide bonds. The summed E-state index contributed by atoms with van der Waals surface area (Å²) in [6.07, 6.45) is 3.88. The van der Waals surface area contributed by atoms with E-state index in [-0.39, 0.29) is 36.2 Å². The number of nitrogens with zero attached hydrogens (tertiary/aromatic N) is 2.